The van der Waals surface area contributed by atoms with E-state index in [0.29, 0.717) is 18.0 Å². The van der Waals surface area contributed by atoms with Gasteiger partial charge in [-0.25, -0.2) is 4.79 Å². The van der Waals surface area contributed by atoms with Crippen molar-refractivity contribution in [1.82, 2.24) is 4.98 Å². The van der Waals surface area contributed by atoms with Crippen LogP contribution in [0.1, 0.15) is 56.4 Å². The summed E-state index contributed by atoms with van der Waals surface area (Å²) in [6, 6.07) is 0.405. The molecule has 0 bridgehead atoms. The fourth-order valence-corrected chi connectivity index (χ4v) is 2.70. The van der Waals surface area contributed by atoms with Gasteiger partial charge in [-0.1, -0.05) is 19.8 Å². The number of hydrogen-bond donors (Lipinski definition) is 1. The van der Waals surface area contributed by atoms with Gasteiger partial charge in [0.25, 0.3) is 6.01 Å². The molecule has 1 aromatic rings. The van der Waals surface area contributed by atoms with Gasteiger partial charge in [-0.3, -0.25) is 0 Å². The number of rotatable bonds is 6. The van der Waals surface area contributed by atoms with Gasteiger partial charge < -0.3 is 14.5 Å². The van der Waals surface area contributed by atoms with Crippen LogP contribution in [0.25, 0.3) is 0 Å². The molecule has 1 aromatic heterocycles. The van der Waals surface area contributed by atoms with E-state index in [0.717, 1.165) is 13.0 Å². The number of oxazole rings is 1. The first-order chi connectivity index (χ1) is 9.19. The van der Waals surface area contributed by atoms with Crippen LogP contribution in [0.3, 0.4) is 0 Å². The molecule has 1 heterocycles. The Kier molecular flexibility index (Phi) is 4.45. The molecule has 1 saturated carbocycles. The molecule has 0 amide bonds. The molecule has 0 aromatic carbocycles. The average Bonchev–Trinajstić information content (AvgIpc) is 3.07. The Morgan fingerprint density at radius 3 is 2.84 bits per heavy atom. The van der Waals surface area contributed by atoms with Crippen molar-refractivity contribution in [3.8, 4) is 0 Å². The lowest BCUT2D eigenvalue weighted by molar-refractivity contribution is 0.0519. The Hall–Kier alpha value is -1.52. The van der Waals surface area contributed by atoms with Crippen LogP contribution >= 0.6 is 0 Å². The third-order valence-corrected chi connectivity index (χ3v) is 4.02. The van der Waals surface area contributed by atoms with Crippen LogP contribution in [-0.4, -0.2) is 24.1 Å². The summed E-state index contributed by atoms with van der Waals surface area (Å²) in [7, 11) is 0. The van der Waals surface area contributed by atoms with Crippen LogP contribution in [0.2, 0.25) is 0 Å². The van der Waals surface area contributed by atoms with Crippen LogP contribution in [0.15, 0.2) is 10.7 Å². The zero-order valence-corrected chi connectivity index (χ0v) is 11.7. The fourth-order valence-electron chi connectivity index (χ4n) is 2.70. The van der Waals surface area contributed by atoms with Crippen LogP contribution in [0.5, 0.6) is 0 Å². The van der Waals surface area contributed by atoms with Gasteiger partial charge in [0, 0.05) is 6.54 Å². The minimum absolute atomic E-state index is 0.223. The first kappa shape index (κ1) is 13.9. The molecule has 0 saturated heterocycles. The molecule has 106 valence electrons. The Morgan fingerprint density at radius 2 is 2.21 bits per heavy atom. The molecular formula is C14H22N2O3. The van der Waals surface area contributed by atoms with Gasteiger partial charge in [-0.05, 0) is 31.6 Å². The molecule has 0 unspecified atom stereocenters. The summed E-state index contributed by atoms with van der Waals surface area (Å²) < 4.78 is 10.1. The quantitative estimate of drug-likeness (QED) is 0.801. The predicted octanol–water partition coefficient (Wildman–Crippen LogP) is 3.23. The van der Waals surface area contributed by atoms with Crippen LogP contribution in [-0.2, 0) is 4.74 Å². The summed E-state index contributed by atoms with van der Waals surface area (Å²) in [6.45, 7) is 5.19. The predicted molar refractivity (Wildman–Crippen MR) is 72.1 cm³/mol. The van der Waals surface area contributed by atoms with Crippen molar-refractivity contribution in [2.75, 3.05) is 18.5 Å². The summed E-state index contributed by atoms with van der Waals surface area (Å²) in [4.78, 5) is 15.6. The monoisotopic (exact) mass is 266 g/mol. The lowest BCUT2D eigenvalue weighted by atomic mass is 9.83. The number of hydrogen-bond acceptors (Lipinski definition) is 5. The largest absolute Gasteiger partial charge is 0.461 e. The van der Waals surface area contributed by atoms with Crippen molar-refractivity contribution in [1.29, 1.82) is 0 Å². The molecule has 19 heavy (non-hydrogen) atoms. The Bertz CT molecular complexity index is 422. The Labute approximate surface area is 113 Å². The molecule has 0 atom stereocenters. The van der Waals surface area contributed by atoms with Gasteiger partial charge >= 0.3 is 5.97 Å². The highest BCUT2D eigenvalue weighted by atomic mass is 16.5. The highest BCUT2D eigenvalue weighted by molar-refractivity contribution is 5.87. The lowest BCUT2D eigenvalue weighted by Gasteiger charge is -2.27. The second-order valence-corrected chi connectivity index (χ2v) is 5.17. The van der Waals surface area contributed by atoms with Crippen LogP contribution < -0.4 is 5.32 Å². The maximum absolute atomic E-state index is 11.5. The Balaban J connectivity index is 1.91. The molecule has 2 rings (SSSR count). The number of aromatic nitrogens is 1. The second-order valence-electron chi connectivity index (χ2n) is 5.17. The van der Waals surface area contributed by atoms with Gasteiger partial charge in [0.15, 0.2) is 5.69 Å². The first-order valence-corrected chi connectivity index (χ1v) is 7.05. The van der Waals surface area contributed by atoms with Gasteiger partial charge in [0.1, 0.15) is 6.26 Å². The van der Waals surface area contributed by atoms with E-state index in [4.69, 9.17) is 9.15 Å². The van der Waals surface area contributed by atoms with E-state index in [2.05, 4.69) is 17.2 Å². The van der Waals surface area contributed by atoms with E-state index in [9.17, 15) is 4.79 Å². The van der Waals surface area contributed by atoms with Gasteiger partial charge in [0.2, 0.25) is 0 Å². The highest BCUT2D eigenvalue weighted by Gasteiger charge is 2.32. The van der Waals surface area contributed by atoms with Crippen molar-refractivity contribution in [3.63, 3.8) is 0 Å². The fraction of sp³-hybridized carbons (Fsp3) is 0.714. The van der Waals surface area contributed by atoms with Crippen LogP contribution in [0, 0.1) is 5.41 Å². The number of carbonyl (C=O) groups is 1. The van der Waals surface area contributed by atoms with Crippen LogP contribution in [0.4, 0.5) is 6.01 Å². The SMILES string of the molecule is CCOC(=O)c1coc(NCC2(CC)CCCC2)n1. The van der Waals surface area contributed by atoms with E-state index in [1.807, 2.05) is 0 Å². The standard InChI is InChI=1S/C14H22N2O3/c1-3-14(7-5-6-8-14)10-15-13-16-11(9-19-13)12(17)18-4-2/h9H,3-8,10H2,1-2H3,(H,15,16). The number of nitrogens with zero attached hydrogens (tertiary/aromatic N) is 1. The van der Waals surface area contributed by atoms with Crippen molar-refractivity contribution >= 4 is 12.0 Å². The molecule has 0 aliphatic heterocycles. The average molecular weight is 266 g/mol. The molecule has 1 N–H and O–H groups in total. The summed E-state index contributed by atoms with van der Waals surface area (Å²) in [6.07, 6.45) is 7.60. The summed E-state index contributed by atoms with van der Waals surface area (Å²) >= 11 is 0. The highest BCUT2D eigenvalue weighted by Crippen LogP contribution is 2.40. The van der Waals surface area contributed by atoms with E-state index in [-0.39, 0.29) is 5.69 Å². The van der Waals surface area contributed by atoms with Crippen molar-refractivity contribution in [3.05, 3.63) is 12.0 Å². The van der Waals surface area contributed by atoms with E-state index >= 15 is 0 Å². The number of nitrogens with one attached hydrogen (secondary N) is 1. The topological polar surface area (TPSA) is 64.4 Å². The summed E-state index contributed by atoms with van der Waals surface area (Å²) in [5.41, 5.74) is 0.583. The second kappa shape index (κ2) is 6.08. The minimum atomic E-state index is -0.439. The van der Waals surface area contributed by atoms with Gasteiger partial charge in [-0.15, -0.1) is 0 Å². The molecule has 5 heteroatoms. The van der Waals surface area contributed by atoms with Gasteiger partial charge in [0.05, 0.1) is 6.61 Å². The van der Waals surface area contributed by atoms with Gasteiger partial charge in [-0.2, -0.15) is 4.98 Å². The van der Waals surface area contributed by atoms with E-state index in [1.165, 1.54) is 31.9 Å². The van der Waals surface area contributed by atoms with Crippen molar-refractivity contribution in [2.45, 2.75) is 46.0 Å². The molecule has 1 aliphatic carbocycles. The lowest BCUT2D eigenvalue weighted by Crippen LogP contribution is -2.26. The van der Waals surface area contributed by atoms with Crippen molar-refractivity contribution < 1.29 is 13.9 Å². The Morgan fingerprint density at radius 1 is 1.47 bits per heavy atom. The third-order valence-electron chi connectivity index (χ3n) is 4.02. The molecule has 1 fully saturated rings. The molecule has 0 spiro atoms. The number of esters is 1. The molecule has 0 radical (unpaired) electrons. The van der Waals surface area contributed by atoms with E-state index < -0.39 is 5.97 Å². The maximum atomic E-state index is 11.5. The first-order valence-electron chi connectivity index (χ1n) is 7.05. The summed E-state index contributed by atoms with van der Waals surface area (Å²) in [5.74, 6) is -0.439. The summed E-state index contributed by atoms with van der Waals surface area (Å²) in [5, 5.41) is 3.21. The molecule has 1 aliphatic rings. The zero-order valence-electron chi connectivity index (χ0n) is 11.7. The maximum Gasteiger partial charge on any atom is 0.360 e. The zero-order chi connectivity index (χ0) is 13.7. The molecular weight excluding hydrogens is 244 g/mol. The van der Waals surface area contributed by atoms with Crippen molar-refractivity contribution in [2.24, 2.45) is 5.41 Å². The normalized spacial score (nSPS) is 17.4. The number of anilines is 1. The number of carbonyl (C=O) groups excluding carboxylic acids is 1. The number of ether oxygens (including phenoxy) is 1. The minimum Gasteiger partial charge on any atom is -0.461 e. The smallest absolute Gasteiger partial charge is 0.360 e. The third kappa shape index (κ3) is 3.28. The van der Waals surface area contributed by atoms with E-state index in [1.54, 1.807) is 6.92 Å². The molecule has 5 nitrogen and oxygen atoms in total.